The van der Waals surface area contributed by atoms with Crippen LogP contribution in [0.1, 0.15) is 0 Å². The van der Waals surface area contributed by atoms with Crippen LogP contribution in [0.5, 0.6) is 0 Å². The number of nitrogens with one attached hydrogen (secondary N) is 2. The SMILES string of the molecule is Clc1cc(Cl)c2c(c1)SN=C(Nc1ccccc1Cl)N2. The van der Waals surface area contributed by atoms with Crippen molar-refractivity contribution in [2.24, 2.45) is 4.40 Å². The van der Waals surface area contributed by atoms with Crippen molar-refractivity contribution in [3.05, 3.63) is 51.5 Å². The molecule has 0 fully saturated rings. The van der Waals surface area contributed by atoms with Crippen LogP contribution in [0, 0.1) is 0 Å². The first-order valence-electron chi connectivity index (χ1n) is 5.66. The van der Waals surface area contributed by atoms with Gasteiger partial charge in [-0.1, -0.05) is 46.9 Å². The summed E-state index contributed by atoms with van der Waals surface area (Å²) in [7, 11) is 0. The number of halogens is 3. The Labute approximate surface area is 135 Å². The van der Waals surface area contributed by atoms with E-state index in [2.05, 4.69) is 15.0 Å². The Morgan fingerprint density at radius 3 is 2.65 bits per heavy atom. The largest absolute Gasteiger partial charge is 0.324 e. The highest BCUT2D eigenvalue weighted by Crippen LogP contribution is 2.39. The second-order valence-corrected chi connectivity index (χ2v) is 6.08. The predicted molar refractivity (Wildman–Crippen MR) is 88.5 cm³/mol. The molecule has 0 unspecified atom stereocenters. The molecule has 0 radical (unpaired) electrons. The number of hydrogen-bond acceptors (Lipinski definition) is 4. The zero-order valence-corrected chi connectivity index (χ0v) is 13.0. The maximum Gasteiger partial charge on any atom is 0.212 e. The number of para-hydroxylation sites is 1. The number of anilines is 2. The summed E-state index contributed by atoms with van der Waals surface area (Å²) >= 11 is 19.5. The van der Waals surface area contributed by atoms with Gasteiger partial charge in [-0.2, -0.15) is 4.40 Å². The normalized spacial score (nSPS) is 13.2. The fraction of sp³-hybridized carbons (Fsp3) is 0. The molecule has 0 spiro atoms. The topological polar surface area (TPSA) is 36.4 Å². The molecule has 1 aliphatic heterocycles. The second kappa shape index (κ2) is 5.74. The van der Waals surface area contributed by atoms with Crippen molar-refractivity contribution < 1.29 is 0 Å². The van der Waals surface area contributed by atoms with Gasteiger partial charge in [-0.15, -0.1) is 0 Å². The molecule has 20 heavy (non-hydrogen) atoms. The van der Waals surface area contributed by atoms with Crippen molar-refractivity contribution in [1.82, 2.24) is 0 Å². The van der Waals surface area contributed by atoms with E-state index in [0.717, 1.165) is 16.3 Å². The van der Waals surface area contributed by atoms with Crippen LogP contribution >= 0.6 is 46.8 Å². The molecule has 1 aliphatic rings. The predicted octanol–water partition coefficient (Wildman–Crippen LogP) is 5.55. The van der Waals surface area contributed by atoms with E-state index in [1.807, 2.05) is 24.3 Å². The monoisotopic (exact) mass is 343 g/mol. The van der Waals surface area contributed by atoms with Crippen LogP contribution < -0.4 is 10.6 Å². The number of benzene rings is 2. The Kier molecular flexibility index (Phi) is 3.98. The van der Waals surface area contributed by atoms with Crippen LogP contribution in [0.25, 0.3) is 0 Å². The molecular weight excluding hydrogens is 337 g/mol. The lowest BCUT2D eigenvalue weighted by Crippen LogP contribution is -2.24. The van der Waals surface area contributed by atoms with Gasteiger partial charge < -0.3 is 10.6 Å². The lowest BCUT2D eigenvalue weighted by Gasteiger charge is -2.20. The van der Waals surface area contributed by atoms with Crippen molar-refractivity contribution in [2.45, 2.75) is 4.90 Å². The maximum atomic E-state index is 6.18. The molecule has 2 aromatic carbocycles. The zero-order chi connectivity index (χ0) is 14.1. The summed E-state index contributed by atoms with van der Waals surface area (Å²) in [6.07, 6.45) is 0. The smallest absolute Gasteiger partial charge is 0.212 e. The third kappa shape index (κ3) is 2.83. The minimum atomic E-state index is 0.549. The van der Waals surface area contributed by atoms with Crippen molar-refractivity contribution in [3.63, 3.8) is 0 Å². The van der Waals surface area contributed by atoms with Gasteiger partial charge in [0.2, 0.25) is 5.96 Å². The quantitative estimate of drug-likeness (QED) is 0.666. The maximum absolute atomic E-state index is 6.18. The summed E-state index contributed by atoms with van der Waals surface area (Å²) in [4.78, 5) is 0.882. The summed E-state index contributed by atoms with van der Waals surface area (Å²) < 4.78 is 4.32. The van der Waals surface area contributed by atoms with Gasteiger partial charge in [-0.05, 0) is 24.3 Å². The highest BCUT2D eigenvalue weighted by Gasteiger charge is 2.17. The van der Waals surface area contributed by atoms with E-state index in [9.17, 15) is 0 Å². The Bertz CT molecular complexity index is 703. The summed E-state index contributed by atoms with van der Waals surface area (Å²) in [5.74, 6) is 0.569. The van der Waals surface area contributed by atoms with E-state index in [0.29, 0.717) is 21.0 Å². The fourth-order valence-corrected chi connectivity index (χ4v) is 3.28. The van der Waals surface area contributed by atoms with E-state index in [-0.39, 0.29) is 0 Å². The van der Waals surface area contributed by atoms with Crippen LogP contribution in [0.15, 0.2) is 45.7 Å². The van der Waals surface area contributed by atoms with E-state index < -0.39 is 0 Å². The third-order valence-corrected chi connectivity index (χ3v) is 4.26. The number of hydrogen-bond donors (Lipinski definition) is 2. The molecule has 0 atom stereocenters. The standard InChI is InChI=1S/C13H8Cl3N3S/c14-7-5-9(16)12-11(6-7)20-19-13(18-12)17-10-4-2-1-3-8(10)15/h1-6H,(H2,17,18,19). The van der Waals surface area contributed by atoms with Gasteiger partial charge in [0.1, 0.15) is 0 Å². The van der Waals surface area contributed by atoms with E-state index in [1.54, 1.807) is 12.1 Å². The van der Waals surface area contributed by atoms with Gasteiger partial charge in [-0.25, -0.2) is 0 Å². The Balaban J connectivity index is 1.85. The average molecular weight is 345 g/mol. The highest BCUT2D eigenvalue weighted by molar-refractivity contribution is 7.98. The lowest BCUT2D eigenvalue weighted by atomic mass is 10.3. The van der Waals surface area contributed by atoms with Gasteiger partial charge in [0, 0.05) is 17.0 Å². The molecule has 3 nitrogen and oxygen atoms in total. The minimum absolute atomic E-state index is 0.549. The lowest BCUT2D eigenvalue weighted by molar-refractivity contribution is 1.40. The van der Waals surface area contributed by atoms with Crippen LogP contribution in [0.2, 0.25) is 15.1 Å². The van der Waals surface area contributed by atoms with E-state index in [4.69, 9.17) is 34.8 Å². The van der Waals surface area contributed by atoms with Gasteiger partial charge >= 0.3 is 0 Å². The average Bonchev–Trinajstić information content (AvgIpc) is 2.42. The molecule has 7 heteroatoms. The van der Waals surface area contributed by atoms with Crippen molar-refractivity contribution in [2.75, 3.05) is 10.6 Å². The summed E-state index contributed by atoms with van der Waals surface area (Å²) in [6, 6.07) is 10.9. The Hall–Kier alpha value is -1.07. The van der Waals surface area contributed by atoms with Gasteiger partial charge in [-0.3, -0.25) is 0 Å². The van der Waals surface area contributed by atoms with Crippen molar-refractivity contribution >= 4 is 64.1 Å². The molecular formula is C13H8Cl3N3S. The molecule has 0 amide bonds. The zero-order valence-electron chi connectivity index (χ0n) is 9.95. The first kappa shape index (κ1) is 13.9. The van der Waals surface area contributed by atoms with Gasteiger partial charge in [0.05, 0.1) is 26.3 Å². The van der Waals surface area contributed by atoms with Crippen LogP contribution in [0.3, 0.4) is 0 Å². The van der Waals surface area contributed by atoms with Gasteiger partial charge in [0.25, 0.3) is 0 Å². The Morgan fingerprint density at radius 2 is 1.85 bits per heavy atom. The molecule has 0 aliphatic carbocycles. The number of rotatable bonds is 1. The fourth-order valence-electron chi connectivity index (χ4n) is 1.72. The van der Waals surface area contributed by atoms with Crippen LogP contribution in [0.4, 0.5) is 11.4 Å². The van der Waals surface area contributed by atoms with Crippen LogP contribution in [-0.4, -0.2) is 5.96 Å². The highest BCUT2D eigenvalue weighted by atomic mass is 35.5. The molecule has 102 valence electrons. The molecule has 2 N–H and O–H groups in total. The first-order chi connectivity index (χ1) is 9.63. The molecule has 2 aromatic rings. The molecule has 1 heterocycles. The first-order valence-corrected chi connectivity index (χ1v) is 7.57. The summed E-state index contributed by atoms with van der Waals surface area (Å²) in [5, 5.41) is 8.02. The van der Waals surface area contributed by atoms with Crippen molar-refractivity contribution in [1.29, 1.82) is 0 Å². The molecule has 0 saturated carbocycles. The second-order valence-electron chi connectivity index (χ2n) is 4.02. The van der Waals surface area contributed by atoms with Crippen LogP contribution in [-0.2, 0) is 0 Å². The number of fused-ring (bicyclic) bond motifs is 1. The molecule has 0 saturated heterocycles. The molecule has 3 rings (SSSR count). The minimum Gasteiger partial charge on any atom is -0.324 e. The van der Waals surface area contributed by atoms with Gasteiger partial charge in [0.15, 0.2) is 0 Å². The Morgan fingerprint density at radius 1 is 1.05 bits per heavy atom. The third-order valence-electron chi connectivity index (χ3n) is 2.62. The molecule has 0 aromatic heterocycles. The number of guanidine groups is 1. The summed E-state index contributed by atoms with van der Waals surface area (Å²) in [5.41, 5.74) is 1.56. The molecule has 0 bridgehead atoms. The summed E-state index contributed by atoms with van der Waals surface area (Å²) in [6.45, 7) is 0. The van der Waals surface area contributed by atoms with E-state index >= 15 is 0 Å². The number of nitrogens with zero attached hydrogens (tertiary/aromatic N) is 1. The van der Waals surface area contributed by atoms with Crippen molar-refractivity contribution in [3.8, 4) is 0 Å². The van der Waals surface area contributed by atoms with E-state index in [1.165, 1.54) is 11.9 Å².